The first-order chi connectivity index (χ1) is 23.5. The highest BCUT2D eigenvalue weighted by molar-refractivity contribution is 5.71. The summed E-state index contributed by atoms with van der Waals surface area (Å²) in [5.74, 6) is -0.960. The fraction of sp³-hybridized carbons (Fsp3) is 0.929. The molecule has 0 saturated carbocycles. The Morgan fingerprint density at radius 3 is 0.938 bits per heavy atom. The van der Waals surface area contributed by atoms with E-state index in [0.717, 1.165) is 38.5 Å². The van der Waals surface area contributed by atoms with Crippen molar-refractivity contribution in [3.05, 3.63) is 0 Å². The predicted molar refractivity (Wildman–Crippen MR) is 201 cm³/mol. The lowest BCUT2D eigenvalue weighted by atomic mass is 10.0. The molecule has 0 aromatic heterocycles. The second-order valence-electron chi connectivity index (χ2n) is 14.2. The van der Waals surface area contributed by atoms with E-state index < -0.39 is 6.10 Å². The molecule has 6 nitrogen and oxygen atoms in total. The Balaban J connectivity index is 3.87. The van der Waals surface area contributed by atoms with Gasteiger partial charge in [-0.15, -0.1) is 0 Å². The van der Waals surface area contributed by atoms with Gasteiger partial charge in [0.15, 0.2) is 6.10 Å². The summed E-state index contributed by atoms with van der Waals surface area (Å²) in [6.07, 6.45) is 38.6. The van der Waals surface area contributed by atoms with Gasteiger partial charge in [0.05, 0.1) is 0 Å². The van der Waals surface area contributed by atoms with Crippen LogP contribution < -0.4 is 0 Å². The average Bonchev–Trinajstić information content (AvgIpc) is 3.09. The number of unbranched alkanes of at least 4 members (excludes halogenated alkanes) is 28. The van der Waals surface area contributed by atoms with Crippen molar-refractivity contribution in [2.75, 3.05) is 13.2 Å². The van der Waals surface area contributed by atoms with Crippen molar-refractivity contribution in [3.8, 4) is 0 Å². The number of carbonyl (C=O) groups excluding carboxylic acids is 3. The summed E-state index contributed by atoms with van der Waals surface area (Å²) in [5, 5.41) is 0. The smallest absolute Gasteiger partial charge is 0.306 e. The number of carbonyl (C=O) groups is 3. The first kappa shape index (κ1) is 46.4. The summed E-state index contributed by atoms with van der Waals surface area (Å²) < 4.78 is 16.2. The van der Waals surface area contributed by atoms with Crippen LogP contribution >= 0.6 is 0 Å². The van der Waals surface area contributed by atoms with E-state index in [0.29, 0.717) is 12.8 Å². The molecule has 0 rings (SSSR count). The van der Waals surface area contributed by atoms with Crippen molar-refractivity contribution >= 4 is 17.9 Å². The molecule has 0 saturated heterocycles. The molecule has 0 amide bonds. The van der Waals surface area contributed by atoms with E-state index in [1.807, 2.05) is 0 Å². The van der Waals surface area contributed by atoms with Gasteiger partial charge in [0.25, 0.3) is 0 Å². The van der Waals surface area contributed by atoms with Crippen molar-refractivity contribution in [1.82, 2.24) is 0 Å². The van der Waals surface area contributed by atoms with Gasteiger partial charge >= 0.3 is 17.9 Å². The summed E-state index contributed by atoms with van der Waals surface area (Å²) in [4.78, 5) is 36.5. The zero-order valence-electron chi connectivity index (χ0n) is 32.3. The van der Waals surface area contributed by atoms with Crippen LogP contribution in [0.1, 0.15) is 233 Å². The normalized spacial score (nSPS) is 11.8. The highest BCUT2D eigenvalue weighted by Crippen LogP contribution is 2.16. The second-order valence-corrected chi connectivity index (χ2v) is 14.2. The van der Waals surface area contributed by atoms with Gasteiger partial charge in [-0.2, -0.15) is 0 Å². The summed E-state index contributed by atoms with van der Waals surface area (Å²) in [7, 11) is 0. The third-order valence-corrected chi connectivity index (χ3v) is 9.42. The standard InChI is InChI=1S/C42H80O6/c1-4-7-9-11-13-15-17-19-21-23-25-27-29-31-33-35-41(44)47-38-39(37-46-40(43)6-3)48-42(45)36-34-32-30-28-26-24-22-20-18-16-14-12-10-8-5-2/h39H,4-38H2,1-3H3. The molecule has 1 atom stereocenters. The quantitative estimate of drug-likeness (QED) is 0.0367. The van der Waals surface area contributed by atoms with E-state index in [4.69, 9.17) is 14.2 Å². The van der Waals surface area contributed by atoms with Crippen molar-refractivity contribution in [3.63, 3.8) is 0 Å². The SMILES string of the molecule is CCCCCCCCCCCCCCCCCC(=O)OCC(COC(=O)CC)OC(=O)CCCCCCCCCCCCCCCCC. The molecule has 0 bridgehead atoms. The molecular weight excluding hydrogens is 600 g/mol. The maximum absolute atomic E-state index is 12.5. The van der Waals surface area contributed by atoms with Crippen LogP contribution in [0.2, 0.25) is 0 Å². The zero-order valence-corrected chi connectivity index (χ0v) is 32.3. The van der Waals surface area contributed by atoms with E-state index in [1.54, 1.807) is 6.92 Å². The molecule has 0 aromatic rings. The monoisotopic (exact) mass is 681 g/mol. The van der Waals surface area contributed by atoms with Crippen LogP contribution in [-0.4, -0.2) is 37.2 Å². The van der Waals surface area contributed by atoms with Crippen LogP contribution in [0.25, 0.3) is 0 Å². The minimum absolute atomic E-state index is 0.0703. The van der Waals surface area contributed by atoms with Crippen LogP contribution in [0.15, 0.2) is 0 Å². The van der Waals surface area contributed by atoms with Crippen LogP contribution in [0.4, 0.5) is 0 Å². The third-order valence-electron chi connectivity index (χ3n) is 9.42. The maximum atomic E-state index is 12.5. The number of ether oxygens (including phenoxy) is 3. The van der Waals surface area contributed by atoms with Gasteiger partial charge in [0, 0.05) is 19.3 Å². The summed E-state index contributed by atoms with van der Waals surface area (Å²) in [6.45, 7) is 6.11. The summed E-state index contributed by atoms with van der Waals surface area (Å²) in [5.41, 5.74) is 0. The largest absolute Gasteiger partial charge is 0.462 e. The van der Waals surface area contributed by atoms with Gasteiger partial charge in [0.1, 0.15) is 13.2 Å². The van der Waals surface area contributed by atoms with Crippen LogP contribution in [0.5, 0.6) is 0 Å². The fourth-order valence-electron chi connectivity index (χ4n) is 6.19. The van der Waals surface area contributed by atoms with E-state index in [1.165, 1.54) is 154 Å². The first-order valence-corrected chi connectivity index (χ1v) is 21.0. The Morgan fingerprint density at radius 2 is 0.625 bits per heavy atom. The molecule has 0 heterocycles. The molecule has 48 heavy (non-hydrogen) atoms. The molecule has 0 fully saturated rings. The van der Waals surface area contributed by atoms with Crippen molar-refractivity contribution in [1.29, 1.82) is 0 Å². The molecule has 0 spiro atoms. The van der Waals surface area contributed by atoms with E-state index in [-0.39, 0.29) is 37.5 Å². The maximum Gasteiger partial charge on any atom is 0.306 e. The molecule has 1 unspecified atom stereocenters. The lowest BCUT2D eigenvalue weighted by Crippen LogP contribution is -2.30. The average molecular weight is 681 g/mol. The molecule has 0 aliphatic rings. The lowest BCUT2D eigenvalue weighted by Gasteiger charge is -2.18. The first-order valence-electron chi connectivity index (χ1n) is 21.0. The van der Waals surface area contributed by atoms with Gasteiger partial charge < -0.3 is 14.2 Å². The predicted octanol–water partition coefficient (Wildman–Crippen LogP) is 12.9. The van der Waals surface area contributed by atoms with Gasteiger partial charge in [-0.1, -0.05) is 201 Å². The Hall–Kier alpha value is -1.59. The second kappa shape index (κ2) is 38.2. The zero-order chi connectivity index (χ0) is 35.2. The highest BCUT2D eigenvalue weighted by Gasteiger charge is 2.19. The molecule has 6 heteroatoms. The van der Waals surface area contributed by atoms with Crippen molar-refractivity contribution in [2.24, 2.45) is 0 Å². The molecule has 0 N–H and O–H groups in total. The topological polar surface area (TPSA) is 78.9 Å². The van der Waals surface area contributed by atoms with Gasteiger partial charge in [-0.05, 0) is 12.8 Å². The minimum Gasteiger partial charge on any atom is -0.462 e. The summed E-state index contributed by atoms with van der Waals surface area (Å²) in [6, 6.07) is 0. The molecule has 0 radical (unpaired) electrons. The van der Waals surface area contributed by atoms with E-state index in [9.17, 15) is 14.4 Å². The summed E-state index contributed by atoms with van der Waals surface area (Å²) >= 11 is 0. The molecule has 0 aliphatic heterocycles. The van der Waals surface area contributed by atoms with Gasteiger partial charge in [-0.25, -0.2) is 0 Å². The van der Waals surface area contributed by atoms with Crippen LogP contribution in [-0.2, 0) is 28.6 Å². The number of hydrogen-bond donors (Lipinski definition) is 0. The fourth-order valence-corrected chi connectivity index (χ4v) is 6.19. The Morgan fingerprint density at radius 1 is 0.354 bits per heavy atom. The minimum atomic E-state index is -0.755. The van der Waals surface area contributed by atoms with Crippen molar-refractivity contribution < 1.29 is 28.6 Å². The Kier molecular flexibility index (Phi) is 36.9. The molecule has 0 aromatic carbocycles. The molecule has 284 valence electrons. The van der Waals surface area contributed by atoms with Crippen LogP contribution in [0.3, 0.4) is 0 Å². The number of rotatable bonds is 38. The number of esters is 3. The highest BCUT2D eigenvalue weighted by atomic mass is 16.6. The number of hydrogen-bond acceptors (Lipinski definition) is 6. The third kappa shape index (κ3) is 35.7. The van der Waals surface area contributed by atoms with Gasteiger partial charge in [-0.3, -0.25) is 14.4 Å². The van der Waals surface area contributed by atoms with E-state index in [2.05, 4.69) is 13.8 Å². The van der Waals surface area contributed by atoms with Gasteiger partial charge in [0.2, 0.25) is 0 Å². The Bertz CT molecular complexity index is 708. The lowest BCUT2D eigenvalue weighted by molar-refractivity contribution is -0.166. The Labute approximate surface area is 298 Å². The van der Waals surface area contributed by atoms with E-state index >= 15 is 0 Å². The van der Waals surface area contributed by atoms with Crippen LogP contribution in [0, 0.1) is 0 Å². The molecule has 0 aliphatic carbocycles. The molecular formula is C42H80O6. The van der Waals surface area contributed by atoms with Crippen molar-refractivity contribution in [2.45, 2.75) is 239 Å².